The van der Waals surface area contributed by atoms with E-state index >= 15 is 0 Å². The molecule has 1 fully saturated rings. The Kier molecular flexibility index (Phi) is 5.13. The van der Waals surface area contributed by atoms with Crippen LogP contribution in [0.15, 0.2) is 42.6 Å². The number of amides is 1. The highest BCUT2D eigenvalue weighted by atomic mass is 35.5. The molecule has 8 heteroatoms. The first-order valence-electron chi connectivity index (χ1n) is 8.78. The second kappa shape index (κ2) is 7.70. The molecule has 0 aliphatic carbocycles. The van der Waals surface area contributed by atoms with Gasteiger partial charge in [-0.2, -0.15) is 0 Å². The van der Waals surface area contributed by atoms with Crippen LogP contribution in [0.1, 0.15) is 6.92 Å². The van der Waals surface area contributed by atoms with Gasteiger partial charge in [0.2, 0.25) is 0 Å². The molecule has 1 aromatic carbocycles. The first-order valence-corrected chi connectivity index (χ1v) is 9.97. The molecule has 2 aromatic heterocycles. The largest absolute Gasteiger partial charge is 0.481 e. The third kappa shape index (κ3) is 3.99. The maximum Gasteiger partial charge on any atom is 0.263 e. The summed E-state index contributed by atoms with van der Waals surface area (Å²) >= 11 is 7.56. The maximum atomic E-state index is 12.7. The number of rotatable bonds is 4. The summed E-state index contributed by atoms with van der Waals surface area (Å²) in [4.78, 5) is 26.7. The highest BCUT2D eigenvalue weighted by Crippen LogP contribution is 2.27. The number of piperazine rings is 1. The molecule has 3 aromatic rings. The van der Waals surface area contributed by atoms with Crippen LogP contribution in [0.25, 0.3) is 10.3 Å². The van der Waals surface area contributed by atoms with Crippen LogP contribution in [-0.2, 0) is 4.79 Å². The molecule has 27 heavy (non-hydrogen) atoms. The van der Waals surface area contributed by atoms with Crippen LogP contribution < -0.4 is 9.64 Å². The molecule has 0 spiro atoms. The predicted molar refractivity (Wildman–Crippen MR) is 108 cm³/mol. The summed E-state index contributed by atoms with van der Waals surface area (Å²) in [6, 6.07) is 11.0. The van der Waals surface area contributed by atoms with Crippen molar-refractivity contribution in [1.29, 1.82) is 0 Å². The first-order chi connectivity index (χ1) is 13.1. The Bertz CT molecular complexity index is 923. The van der Waals surface area contributed by atoms with E-state index in [2.05, 4.69) is 14.9 Å². The minimum Gasteiger partial charge on any atom is -0.481 e. The number of aromatic nitrogens is 2. The summed E-state index contributed by atoms with van der Waals surface area (Å²) in [6.07, 6.45) is 1.23. The van der Waals surface area contributed by atoms with Gasteiger partial charge in [-0.3, -0.25) is 4.79 Å². The van der Waals surface area contributed by atoms with Crippen LogP contribution in [0.5, 0.6) is 5.75 Å². The van der Waals surface area contributed by atoms with Crippen LogP contribution >= 0.6 is 22.9 Å². The van der Waals surface area contributed by atoms with Gasteiger partial charge in [0.25, 0.3) is 5.91 Å². The van der Waals surface area contributed by atoms with Gasteiger partial charge in [-0.1, -0.05) is 29.0 Å². The van der Waals surface area contributed by atoms with Gasteiger partial charge in [0, 0.05) is 37.4 Å². The molecule has 1 amide bonds. The summed E-state index contributed by atoms with van der Waals surface area (Å²) in [5.41, 5.74) is 0.916. The zero-order chi connectivity index (χ0) is 18.8. The van der Waals surface area contributed by atoms with Crippen molar-refractivity contribution in [3.05, 3.63) is 47.6 Å². The van der Waals surface area contributed by atoms with Gasteiger partial charge in [-0.25, -0.2) is 9.97 Å². The standard InChI is InChI=1S/C19H19ClN4O2S/c1-13(26-15-5-2-4-14(20)12-15)18(25)23-8-10-24(11-9-23)19-22-16-6-3-7-21-17(16)27-19/h2-7,12-13H,8-11H2,1H3. The highest BCUT2D eigenvalue weighted by molar-refractivity contribution is 7.21. The second-order valence-corrected chi connectivity index (χ2v) is 7.75. The van der Waals surface area contributed by atoms with E-state index in [1.165, 1.54) is 0 Å². The molecule has 6 nitrogen and oxygen atoms in total. The number of fused-ring (bicyclic) bond motifs is 1. The smallest absolute Gasteiger partial charge is 0.263 e. The van der Waals surface area contributed by atoms with Crippen LogP contribution in [0.4, 0.5) is 5.13 Å². The topological polar surface area (TPSA) is 58.6 Å². The van der Waals surface area contributed by atoms with Gasteiger partial charge in [0.1, 0.15) is 16.1 Å². The molecule has 1 atom stereocenters. The average molecular weight is 403 g/mol. The minimum atomic E-state index is -0.554. The molecule has 0 saturated carbocycles. The van der Waals surface area contributed by atoms with Gasteiger partial charge in [0.05, 0.1) is 0 Å². The molecule has 4 rings (SSSR count). The number of carbonyl (C=O) groups excluding carboxylic acids is 1. The summed E-state index contributed by atoms with van der Waals surface area (Å²) < 4.78 is 5.75. The summed E-state index contributed by atoms with van der Waals surface area (Å²) in [5.74, 6) is 0.588. The molecular formula is C19H19ClN4O2S. The Morgan fingerprint density at radius 1 is 1.22 bits per heavy atom. The molecule has 1 aliphatic heterocycles. The Labute approximate surface area is 166 Å². The lowest BCUT2D eigenvalue weighted by Crippen LogP contribution is -2.52. The van der Waals surface area contributed by atoms with Crippen LogP contribution in [-0.4, -0.2) is 53.1 Å². The van der Waals surface area contributed by atoms with E-state index in [4.69, 9.17) is 16.3 Å². The third-order valence-electron chi connectivity index (χ3n) is 4.47. The van der Waals surface area contributed by atoms with E-state index in [1.54, 1.807) is 48.7 Å². The normalized spacial score (nSPS) is 15.8. The molecule has 0 N–H and O–H groups in total. The van der Waals surface area contributed by atoms with Gasteiger partial charge in [-0.15, -0.1) is 0 Å². The molecular weight excluding hydrogens is 384 g/mol. The van der Waals surface area contributed by atoms with E-state index in [0.717, 1.165) is 28.6 Å². The van der Waals surface area contributed by atoms with E-state index in [0.29, 0.717) is 23.9 Å². The minimum absolute atomic E-state index is 0.0133. The summed E-state index contributed by atoms with van der Waals surface area (Å²) in [5, 5.41) is 1.55. The summed E-state index contributed by atoms with van der Waals surface area (Å²) in [7, 11) is 0. The Morgan fingerprint density at radius 2 is 2.04 bits per heavy atom. The number of ether oxygens (including phenoxy) is 1. The van der Waals surface area contributed by atoms with Gasteiger partial charge in [0.15, 0.2) is 11.2 Å². The average Bonchev–Trinajstić information content (AvgIpc) is 3.12. The lowest BCUT2D eigenvalue weighted by molar-refractivity contribution is -0.138. The summed E-state index contributed by atoms with van der Waals surface area (Å²) in [6.45, 7) is 4.55. The van der Waals surface area contributed by atoms with Gasteiger partial charge < -0.3 is 14.5 Å². The van der Waals surface area contributed by atoms with Gasteiger partial charge >= 0.3 is 0 Å². The van der Waals surface area contributed by atoms with E-state index in [-0.39, 0.29) is 5.91 Å². The van der Waals surface area contributed by atoms with Crippen molar-refractivity contribution in [2.45, 2.75) is 13.0 Å². The molecule has 1 aliphatic rings. The van der Waals surface area contributed by atoms with E-state index in [1.807, 2.05) is 17.0 Å². The van der Waals surface area contributed by atoms with Crippen molar-refractivity contribution in [3.8, 4) is 5.75 Å². The number of hydrogen-bond donors (Lipinski definition) is 0. The molecule has 3 heterocycles. The van der Waals surface area contributed by atoms with Crippen LogP contribution in [0.2, 0.25) is 5.02 Å². The number of nitrogens with zero attached hydrogens (tertiary/aromatic N) is 4. The fourth-order valence-corrected chi connectivity index (χ4v) is 4.20. The molecule has 1 saturated heterocycles. The predicted octanol–water partition coefficient (Wildman–Crippen LogP) is 3.46. The van der Waals surface area contributed by atoms with Crippen LogP contribution in [0, 0.1) is 0 Å². The zero-order valence-corrected chi connectivity index (χ0v) is 16.4. The van der Waals surface area contributed by atoms with E-state index in [9.17, 15) is 4.79 Å². The molecule has 1 unspecified atom stereocenters. The SMILES string of the molecule is CC(Oc1cccc(Cl)c1)C(=O)N1CCN(c2nc3cccnc3s2)CC1. The monoisotopic (exact) mass is 402 g/mol. The quantitative estimate of drug-likeness (QED) is 0.668. The van der Waals surface area contributed by atoms with Crippen molar-refractivity contribution in [2.24, 2.45) is 0 Å². The fourth-order valence-electron chi connectivity index (χ4n) is 3.06. The van der Waals surface area contributed by atoms with Crippen molar-refractivity contribution >= 4 is 44.3 Å². The van der Waals surface area contributed by atoms with Gasteiger partial charge in [-0.05, 0) is 37.3 Å². The zero-order valence-electron chi connectivity index (χ0n) is 14.8. The number of carbonyl (C=O) groups is 1. The second-order valence-electron chi connectivity index (χ2n) is 6.35. The number of hydrogen-bond acceptors (Lipinski definition) is 6. The number of benzene rings is 1. The van der Waals surface area contributed by atoms with Crippen molar-refractivity contribution in [1.82, 2.24) is 14.9 Å². The first kappa shape index (κ1) is 18.0. The Hall–Kier alpha value is -2.38. The Balaban J connectivity index is 1.36. The third-order valence-corrected chi connectivity index (χ3v) is 5.75. The number of anilines is 1. The number of thiazole rings is 1. The van der Waals surface area contributed by atoms with Crippen molar-refractivity contribution in [2.75, 3.05) is 31.1 Å². The molecule has 140 valence electrons. The van der Waals surface area contributed by atoms with E-state index < -0.39 is 6.10 Å². The maximum absolute atomic E-state index is 12.7. The highest BCUT2D eigenvalue weighted by Gasteiger charge is 2.27. The fraction of sp³-hybridized carbons (Fsp3) is 0.316. The van der Waals surface area contributed by atoms with Crippen LogP contribution in [0.3, 0.4) is 0 Å². The number of pyridine rings is 1. The number of halogens is 1. The van der Waals surface area contributed by atoms with Crippen molar-refractivity contribution in [3.63, 3.8) is 0 Å². The molecule has 0 radical (unpaired) electrons. The molecule has 0 bridgehead atoms. The van der Waals surface area contributed by atoms with Crippen molar-refractivity contribution < 1.29 is 9.53 Å². The Morgan fingerprint density at radius 3 is 2.78 bits per heavy atom. The lowest BCUT2D eigenvalue weighted by Gasteiger charge is -2.35. The lowest BCUT2D eigenvalue weighted by atomic mass is 10.2.